The number of anilines is 1. The Kier molecular flexibility index (Phi) is 5.32. The number of aromatic nitrogens is 1. The van der Waals surface area contributed by atoms with E-state index in [0.717, 1.165) is 23.2 Å². The lowest BCUT2D eigenvalue weighted by molar-refractivity contribution is -0.131. The van der Waals surface area contributed by atoms with Crippen LogP contribution in [0.4, 0.5) is 5.69 Å². The van der Waals surface area contributed by atoms with E-state index in [2.05, 4.69) is 4.98 Å². The Morgan fingerprint density at radius 2 is 1.76 bits per heavy atom. The van der Waals surface area contributed by atoms with Crippen molar-refractivity contribution < 1.29 is 4.79 Å². The number of benzene rings is 1. The SMILES string of the molecule is CCN(Cc1ccncc1)C(=O)CCc1ccc(N)cc1. The quantitative estimate of drug-likeness (QED) is 0.829. The molecular formula is C17H21N3O. The fraction of sp³-hybridized carbons (Fsp3) is 0.294. The van der Waals surface area contributed by atoms with Gasteiger partial charge in [-0.25, -0.2) is 0 Å². The summed E-state index contributed by atoms with van der Waals surface area (Å²) in [5, 5.41) is 0. The van der Waals surface area contributed by atoms with Crippen LogP contribution < -0.4 is 5.73 Å². The third-order valence-electron chi connectivity index (χ3n) is 3.46. The zero-order valence-electron chi connectivity index (χ0n) is 12.3. The fourth-order valence-electron chi connectivity index (χ4n) is 2.18. The van der Waals surface area contributed by atoms with Gasteiger partial charge >= 0.3 is 0 Å². The van der Waals surface area contributed by atoms with Crippen molar-refractivity contribution in [3.63, 3.8) is 0 Å². The topological polar surface area (TPSA) is 59.2 Å². The largest absolute Gasteiger partial charge is 0.399 e. The lowest BCUT2D eigenvalue weighted by Gasteiger charge is -2.21. The van der Waals surface area contributed by atoms with Crippen LogP contribution in [-0.2, 0) is 17.8 Å². The summed E-state index contributed by atoms with van der Waals surface area (Å²) in [6.45, 7) is 3.35. The normalized spacial score (nSPS) is 10.3. The first kappa shape index (κ1) is 15.0. The Hall–Kier alpha value is -2.36. The van der Waals surface area contributed by atoms with E-state index in [0.29, 0.717) is 19.5 Å². The Morgan fingerprint density at radius 1 is 1.10 bits per heavy atom. The smallest absolute Gasteiger partial charge is 0.223 e. The molecule has 2 rings (SSSR count). The molecule has 2 N–H and O–H groups in total. The molecule has 1 aromatic heterocycles. The van der Waals surface area contributed by atoms with Gasteiger partial charge in [-0.3, -0.25) is 9.78 Å². The number of nitrogen functional groups attached to an aromatic ring is 1. The molecule has 0 saturated heterocycles. The van der Waals surface area contributed by atoms with Gasteiger partial charge in [-0.1, -0.05) is 12.1 Å². The van der Waals surface area contributed by atoms with Crippen LogP contribution in [0.5, 0.6) is 0 Å². The number of rotatable bonds is 6. The van der Waals surface area contributed by atoms with Crippen LogP contribution in [0, 0.1) is 0 Å². The molecule has 1 heterocycles. The third-order valence-corrected chi connectivity index (χ3v) is 3.46. The number of amides is 1. The third kappa shape index (κ3) is 4.60. The monoisotopic (exact) mass is 283 g/mol. The van der Waals surface area contributed by atoms with Gasteiger partial charge in [0, 0.05) is 37.6 Å². The van der Waals surface area contributed by atoms with Crippen LogP contribution in [0.1, 0.15) is 24.5 Å². The summed E-state index contributed by atoms with van der Waals surface area (Å²) in [5.74, 6) is 0.172. The average Bonchev–Trinajstić information content (AvgIpc) is 2.52. The number of nitrogens with zero attached hydrogens (tertiary/aromatic N) is 2. The zero-order chi connectivity index (χ0) is 15.1. The molecule has 2 aromatic rings. The number of hydrogen-bond acceptors (Lipinski definition) is 3. The van der Waals surface area contributed by atoms with Crippen molar-refractivity contribution in [2.24, 2.45) is 0 Å². The van der Waals surface area contributed by atoms with Gasteiger partial charge in [0.05, 0.1) is 0 Å². The standard InChI is InChI=1S/C17H21N3O/c1-2-20(13-15-9-11-19-12-10-15)17(21)8-5-14-3-6-16(18)7-4-14/h3-4,6-7,9-12H,2,5,8,13,18H2,1H3. The average molecular weight is 283 g/mol. The van der Waals surface area contributed by atoms with Crippen LogP contribution in [-0.4, -0.2) is 22.3 Å². The van der Waals surface area contributed by atoms with Crippen LogP contribution in [0.3, 0.4) is 0 Å². The molecule has 21 heavy (non-hydrogen) atoms. The molecular weight excluding hydrogens is 262 g/mol. The molecule has 0 fully saturated rings. The first-order valence-electron chi connectivity index (χ1n) is 7.20. The highest BCUT2D eigenvalue weighted by Crippen LogP contribution is 2.10. The second kappa shape index (κ2) is 7.43. The van der Waals surface area contributed by atoms with E-state index < -0.39 is 0 Å². The predicted molar refractivity (Wildman–Crippen MR) is 84.5 cm³/mol. The summed E-state index contributed by atoms with van der Waals surface area (Å²) in [6.07, 6.45) is 4.76. The molecule has 0 aliphatic rings. The van der Waals surface area contributed by atoms with Gasteiger partial charge in [-0.2, -0.15) is 0 Å². The van der Waals surface area contributed by atoms with Gasteiger partial charge in [0.1, 0.15) is 0 Å². The summed E-state index contributed by atoms with van der Waals surface area (Å²) in [6, 6.07) is 11.6. The van der Waals surface area contributed by atoms with Gasteiger partial charge in [-0.15, -0.1) is 0 Å². The van der Waals surface area contributed by atoms with Crippen molar-refractivity contribution in [3.8, 4) is 0 Å². The van der Waals surface area contributed by atoms with E-state index >= 15 is 0 Å². The maximum Gasteiger partial charge on any atom is 0.223 e. The molecule has 4 nitrogen and oxygen atoms in total. The lowest BCUT2D eigenvalue weighted by Crippen LogP contribution is -2.30. The van der Waals surface area contributed by atoms with Crippen molar-refractivity contribution in [1.82, 2.24) is 9.88 Å². The Labute approximate surface area is 125 Å². The summed E-state index contributed by atoms with van der Waals surface area (Å²) < 4.78 is 0. The maximum atomic E-state index is 12.3. The molecule has 0 bridgehead atoms. The van der Waals surface area contributed by atoms with Crippen LogP contribution in [0.2, 0.25) is 0 Å². The number of pyridine rings is 1. The molecule has 1 aromatic carbocycles. The highest BCUT2D eigenvalue weighted by Gasteiger charge is 2.12. The van der Waals surface area contributed by atoms with E-state index in [1.54, 1.807) is 12.4 Å². The molecule has 0 aliphatic heterocycles. The van der Waals surface area contributed by atoms with Crippen LogP contribution in [0.15, 0.2) is 48.8 Å². The first-order chi connectivity index (χ1) is 10.2. The minimum atomic E-state index is 0.172. The predicted octanol–water partition coefficient (Wildman–Crippen LogP) is 2.65. The summed E-state index contributed by atoms with van der Waals surface area (Å²) in [7, 11) is 0. The number of carbonyl (C=O) groups is 1. The number of hydrogen-bond donors (Lipinski definition) is 1. The molecule has 4 heteroatoms. The van der Waals surface area contributed by atoms with E-state index in [4.69, 9.17) is 5.73 Å². The highest BCUT2D eigenvalue weighted by molar-refractivity contribution is 5.76. The number of carbonyl (C=O) groups excluding carboxylic acids is 1. The molecule has 0 radical (unpaired) electrons. The van der Waals surface area contributed by atoms with Gasteiger partial charge in [0.25, 0.3) is 0 Å². The van der Waals surface area contributed by atoms with E-state index in [9.17, 15) is 4.79 Å². The summed E-state index contributed by atoms with van der Waals surface area (Å²) in [4.78, 5) is 18.2. The fourth-order valence-corrected chi connectivity index (χ4v) is 2.18. The minimum Gasteiger partial charge on any atom is -0.399 e. The zero-order valence-corrected chi connectivity index (χ0v) is 12.3. The second-order valence-corrected chi connectivity index (χ2v) is 5.00. The van der Waals surface area contributed by atoms with Gasteiger partial charge in [0.2, 0.25) is 5.91 Å². The molecule has 110 valence electrons. The Bertz CT molecular complexity index is 566. The van der Waals surface area contributed by atoms with Crippen LogP contribution in [0.25, 0.3) is 0 Å². The maximum absolute atomic E-state index is 12.3. The van der Waals surface area contributed by atoms with E-state index in [-0.39, 0.29) is 5.91 Å². The molecule has 0 saturated carbocycles. The summed E-state index contributed by atoms with van der Waals surface area (Å²) in [5.41, 5.74) is 8.65. The molecule has 0 unspecified atom stereocenters. The molecule has 0 spiro atoms. The first-order valence-corrected chi connectivity index (χ1v) is 7.20. The number of aryl methyl sites for hydroxylation is 1. The van der Waals surface area contributed by atoms with E-state index in [1.807, 2.05) is 48.2 Å². The minimum absolute atomic E-state index is 0.172. The Morgan fingerprint density at radius 3 is 2.38 bits per heavy atom. The van der Waals surface area contributed by atoms with Crippen molar-refractivity contribution in [3.05, 3.63) is 59.9 Å². The van der Waals surface area contributed by atoms with Gasteiger partial charge in [-0.05, 0) is 48.7 Å². The van der Waals surface area contributed by atoms with Crippen molar-refractivity contribution >= 4 is 11.6 Å². The molecule has 0 aliphatic carbocycles. The van der Waals surface area contributed by atoms with Crippen molar-refractivity contribution in [2.75, 3.05) is 12.3 Å². The highest BCUT2D eigenvalue weighted by atomic mass is 16.2. The van der Waals surface area contributed by atoms with Crippen LogP contribution >= 0.6 is 0 Å². The Balaban J connectivity index is 1.89. The van der Waals surface area contributed by atoms with Gasteiger partial charge in [0.15, 0.2) is 0 Å². The molecule has 0 atom stereocenters. The second-order valence-electron chi connectivity index (χ2n) is 5.00. The van der Waals surface area contributed by atoms with Crippen molar-refractivity contribution in [2.45, 2.75) is 26.3 Å². The van der Waals surface area contributed by atoms with Gasteiger partial charge < -0.3 is 10.6 Å². The summed E-state index contributed by atoms with van der Waals surface area (Å²) >= 11 is 0. The number of nitrogens with two attached hydrogens (primary N) is 1. The molecule has 1 amide bonds. The van der Waals surface area contributed by atoms with E-state index in [1.165, 1.54) is 0 Å². The lowest BCUT2D eigenvalue weighted by atomic mass is 10.1. The van der Waals surface area contributed by atoms with Crippen molar-refractivity contribution in [1.29, 1.82) is 0 Å².